The van der Waals surface area contributed by atoms with Crippen LogP contribution in [0.2, 0.25) is 0 Å². The molecule has 5 aromatic rings. The first-order valence-electron chi connectivity index (χ1n) is 14.3. The summed E-state index contributed by atoms with van der Waals surface area (Å²) >= 11 is 0. The molecule has 7 rings (SSSR count). The Morgan fingerprint density at radius 3 is 2.60 bits per heavy atom. The summed E-state index contributed by atoms with van der Waals surface area (Å²) in [4.78, 5) is 21.3. The summed E-state index contributed by atoms with van der Waals surface area (Å²) in [6, 6.07) is 30.4. The van der Waals surface area contributed by atoms with E-state index in [0.717, 1.165) is 28.6 Å². The number of imidazole rings is 1. The second kappa shape index (κ2) is 11.3. The fraction of sp³-hybridized carbons (Fsp3) is 0.200. The number of hydrogen-bond donors (Lipinski definition) is 3. The molecular weight excluding hydrogens is 526 g/mol. The van der Waals surface area contributed by atoms with Crippen molar-refractivity contribution < 1.29 is 19.4 Å². The first-order valence-corrected chi connectivity index (χ1v) is 14.3. The topological polar surface area (TPSA) is 96.5 Å². The van der Waals surface area contributed by atoms with Crippen LogP contribution in [0, 0.1) is 0 Å². The zero-order valence-electron chi connectivity index (χ0n) is 23.0. The highest BCUT2D eigenvalue weighted by molar-refractivity contribution is 5.91. The Hall–Kier alpha value is -4.72. The van der Waals surface area contributed by atoms with Crippen molar-refractivity contribution in [1.82, 2.24) is 15.3 Å². The van der Waals surface area contributed by atoms with E-state index in [9.17, 15) is 9.90 Å². The molecule has 4 aromatic carbocycles. The SMILES string of the molecule is O=C(NCc1nc2ccccc2[nH]1)C1=CC(c2cccc3c2Cc2ccccc2-3)CC(OCc2ccc(CO)cc2)O1. The van der Waals surface area contributed by atoms with Gasteiger partial charge in [0, 0.05) is 12.3 Å². The lowest BCUT2D eigenvalue weighted by Gasteiger charge is -2.30. The molecule has 1 aromatic heterocycles. The number of aliphatic hydroxyl groups excluding tert-OH is 1. The van der Waals surface area contributed by atoms with E-state index in [2.05, 4.69) is 57.7 Å². The number of fused-ring (bicyclic) bond motifs is 4. The molecule has 0 radical (unpaired) electrons. The normalized spacial score (nSPS) is 17.3. The number of aromatic amines is 1. The van der Waals surface area contributed by atoms with Crippen molar-refractivity contribution in [3.05, 3.63) is 136 Å². The molecule has 0 saturated heterocycles. The van der Waals surface area contributed by atoms with Crippen LogP contribution in [0.1, 0.15) is 46.0 Å². The number of carbonyl (C=O) groups excluding carboxylic acids is 1. The lowest BCUT2D eigenvalue weighted by atomic mass is 9.87. The molecule has 2 unspecified atom stereocenters. The molecular formula is C35H31N3O4. The number of rotatable bonds is 8. The third kappa shape index (κ3) is 5.20. The van der Waals surface area contributed by atoms with Gasteiger partial charge in [-0.2, -0.15) is 0 Å². The van der Waals surface area contributed by atoms with Gasteiger partial charge in [-0.3, -0.25) is 4.79 Å². The van der Waals surface area contributed by atoms with Crippen LogP contribution in [0.25, 0.3) is 22.2 Å². The number of para-hydroxylation sites is 2. The van der Waals surface area contributed by atoms with Crippen LogP contribution in [-0.2, 0) is 40.4 Å². The molecule has 3 N–H and O–H groups in total. The average molecular weight is 558 g/mol. The van der Waals surface area contributed by atoms with Crippen LogP contribution in [-0.4, -0.2) is 27.3 Å². The van der Waals surface area contributed by atoms with E-state index in [4.69, 9.17) is 9.47 Å². The molecule has 1 amide bonds. The Kier molecular flexibility index (Phi) is 7.03. The van der Waals surface area contributed by atoms with Gasteiger partial charge in [0.1, 0.15) is 5.82 Å². The number of aromatic nitrogens is 2. The Bertz CT molecular complexity index is 1760. The minimum absolute atomic E-state index is 0.00286. The number of benzene rings is 4. The van der Waals surface area contributed by atoms with Gasteiger partial charge >= 0.3 is 0 Å². The summed E-state index contributed by atoms with van der Waals surface area (Å²) in [6.07, 6.45) is 2.78. The largest absolute Gasteiger partial charge is 0.459 e. The molecule has 0 bridgehead atoms. The zero-order valence-corrected chi connectivity index (χ0v) is 23.0. The van der Waals surface area contributed by atoms with E-state index < -0.39 is 6.29 Å². The predicted molar refractivity (Wildman–Crippen MR) is 160 cm³/mol. The van der Waals surface area contributed by atoms with E-state index >= 15 is 0 Å². The van der Waals surface area contributed by atoms with Gasteiger partial charge in [0.25, 0.3) is 5.91 Å². The Morgan fingerprint density at radius 1 is 0.952 bits per heavy atom. The van der Waals surface area contributed by atoms with Crippen molar-refractivity contribution in [1.29, 1.82) is 0 Å². The van der Waals surface area contributed by atoms with E-state index in [1.165, 1.54) is 27.8 Å². The smallest absolute Gasteiger partial charge is 0.286 e. The minimum Gasteiger partial charge on any atom is -0.459 e. The van der Waals surface area contributed by atoms with Crippen LogP contribution in [0.5, 0.6) is 0 Å². The Labute approximate surface area is 243 Å². The quantitative estimate of drug-likeness (QED) is 0.217. The van der Waals surface area contributed by atoms with Gasteiger partial charge in [0.2, 0.25) is 6.29 Å². The van der Waals surface area contributed by atoms with Crippen molar-refractivity contribution in [2.75, 3.05) is 0 Å². The van der Waals surface area contributed by atoms with Crippen LogP contribution in [0.3, 0.4) is 0 Å². The Balaban J connectivity index is 1.14. The van der Waals surface area contributed by atoms with E-state index in [-0.39, 0.29) is 30.7 Å². The molecule has 1 aliphatic carbocycles. The van der Waals surface area contributed by atoms with Crippen molar-refractivity contribution >= 4 is 16.9 Å². The number of H-pyrrole nitrogens is 1. The van der Waals surface area contributed by atoms with Crippen LogP contribution < -0.4 is 5.32 Å². The molecule has 42 heavy (non-hydrogen) atoms. The van der Waals surface area contributed by atoms with Gasteiger partial charge in [-0.05, 0) is 63.6 Å². The summed E-state index contributed by atoms with van der Waals surface area (Å²) in [5.41, 5.74) is 9.92. The monoisotopic (exact) mass is 557 g/mol. The second-order valence-electron chi connectivity index (χ2n) is 10.8. The zero-order chi connectivity index (χ0) is 28.5. The second-order valence-corrected chi connectivity index (χ2v) is 10.8. The van der Waals surface area contributed by atoms with Crippen molar-refractivity contribution in [3.8, 4) is 11.1 Å². The standard InChI is InChI=1S/C35H31N3O4/c39-20-22-12-14-23(15-13-22)21-41-34-18-25(27-8-5-9-28-26-7-2-1-6-24(26)16-29(27)28)17-32(42-34)35(40)36-19-33-37-30-10-3-4-11-31(30)38-33/h1-15,17,25,34,39H,16,18-21H2,(H,36,40)(H,37,38). The highest BCUT2D eigenvalue weighted by Gasteiger charge is 2.32. The molecule has 2 atom stereocenters. The number of nitrogens with zero attached hydrogens (tertiary/aromatic N) is 1. The lowest BCUT2D eigenvalue weighted by molar-refractivity contribution is -0.150. The minimum atomic E-state index is -0.607. The van der Waals surface area contributed by atoms with Crippen molar-refractivity contribution in [2.45, 2.75) is 44.8 Å². The van der Waals surface area contributed by atoms with Gasteiger partial charge in [-0.15, -0.1) is 0 Å². The fourth-order valence-electron chi connectivity index (χ4n) is 5.94. The maximum absolute atomic E-state index is 13.4. The molecule has 7 nitrogen and oxygen atoms in total. The maximum atomic E-state index is 13.4. The number of hydrogen-bond acceptors (Lipinski definition) is 5. The number of nitrogens with one attached hydrogen (secondary N) is 2. The molecule has 2 aliphatic rings. The molecule has 0 spiro atoms. The Morgan fingerprint density at radius 2 is 1.74 bits per heavy atom. The molecule has 1 aliphatic heterocycles. The average Bonchev–Trinajstić information content (AvgIpc) is 3.64. The maximum Gasteiger partial charge on any atom is 0.286 e. The third-order valence-electron chi connectivity index (χ3n) is 8.06. The first-order chi connectivity index (χ1) is 20.6. The molecule has 0 saturated carbocycles. The number of ether oxygens (including phenoxy) is 2. The first kappa shape index (κ1) is 26.2. The highest BCUT2D eigenvalue weighted by Crippen LogP contribution is 2.43. The van der Waals surface area contributed by atoms with E-state index in [1.807, 2.05) is 54.6 Å². The van der Waals surface area contributed by atoms with Gasteiger partial charge in [0.05, 0.1) is 30.8 Å². The van der Waals surface area contributed by atoms with E-state index in [1.54, 1.807) is 0 Å². The van der Waals surface area contributed by atoms with Crippen LogP contribution in [0.15, 0.2) is 103 Å². The van der Waals surface area contributed by atoms with Gasteiger partial charge < -0.3 is 24.9 Å². The highest BCUT2D eigenvalue weighted by atomic mass is 16.7. The molecule has 0 fully saturated rings. The lowest BCUT2D eigenvalue weighted by Crippen LogP contribution is -2.33. The molecule has 7 heteroatoms. The number of allylic oxidation sites excluding steroid dienone is 1. The van der Waals surface area contributed by atoms with Crippen molar-refractivity contribution in [3.63, 3.8) is 0 Å². The van der Waals surface area contributed by atoms with Gasteiger partial charge in [-0.25, -0.2) is 4.98 Å². The van der Waals surface area contributed by atoms with E-state index in [0.29, 0.717) is 18.9 Å². The summed E-state index contributed by atoms with van der Waals surface area (Å²) in [6.45, 7) is 0.573. The van der Waals surface area contributed by atoms with Gasteiger partial charge in [-0.1, -0.05) is 78.9 Å². The number of amides is 1. The summed E-state index contributed by atoms with van der Waals surface area (Å²) < 4.78 is 12.4. The van der Waals surface area contributed by atoms with Crippen LogP contribution in [0.4, 0.5) is 0 Å². The van der Waals surface area contributed by atoms with Crippen LogP contribution >= 0.6 is 0 Å². The summed E-state index contributed by atoms with van der Waals surface area (Å²) in [5.74, 6) is 0.556. The van der Waals surface area contributed by atoms with Crippen molar-refractivity contribution in [2.24, 2.45) is 0 Å². The number of aliphatic hydroxyl groups is 1. The number of carbonyl (C=O) groups is 1. The molecule has 210 valence electrons. The van der Waals surface area contributed by atoms with Gasteiger partial charge in [0.15, 0.2) is 5.76 Å². The summed E-state index contributed by atoms with van der Waals surface area (Å²) in [7, 11) is 0. The third-order valence-corrected chi connectivity index (χ3v) is 8.06. The fourth-order valence-corrected chi connectivity index (χ4v) is 5.94. The summed E-state index contributed by atoms with van der Waals surface area (Å²) in [5, 5.41) is 12.3. The molecule has 2 heterocycles. The predicted octanol–water partition coefficient (Wildman–Crippen LogP) is 5.87.